The minimum Gasteiger partial charge on any atom is -0.494 e. The van der Waals surface area contributed by atoms with Crippen molar-refractivity contribution in [2.45, 2.75) is 52.9 Å². The van der Waals surface area contributed by atoms with Crippen LogP contribution in [0.4, 0.5) is 11.4 Å². The Morgan fingerprint density at radius 1 is 1.03 bits per heavy atom. The molecule has 1 fully saturated rings. The van der Waals surface area contributed by atoms with E-state index in [0.717, 1.165) is 74.7 Å². The van der Waals surface area contributed by atoms with E-state index >= 15 is 0 Å². The number of piperazine rings is 1. The highest BCUT2D eigenvalue weighted by Crippen LogP contribution is 2.33. The molecule has 0 saturated carbocycles. The van der Waals surface area contributed by atoms with Gasteiger partial charge in [0.1, 0.15) is 5.75 Å². The van der Waals surface area contributed by atoms with Gasteiger partial charge in [0.2, 0.25) is 0 Å². The van der Waals surface area contributed by atoms with Crippen molar-refractivity contribution in [3.05, 3.63) is 52.0 Å². The maximum Gasteiger partial charge on any atom is 0.312 e. The molecule has 0 spiro atoms. The van der Waals surface area contributed by atoms with E-state index in [1.807, 2.05) is 51.1 Å². The average molecular weight is 547 g/mol. The third kappa shape index (κ3) is 8.10. The lowest BCUT2D eigenvalue weighted by atomic mass is 9.92. The molecule has 0 unspecified atom stereocenters. The van der Waals surface area contributed by atoms with Crippen molar-refractivity contribution in [2.24, 2.45) is 10.4 Å². The van der Waals surface area contributed by atoms with Gasteiger partial charge in [-0.15, -0.1) is 0 Å². The Bertz CT molecular complexity index is 1120. The molecular formula is C29H37Cl2N3O3. The van der Waals surface area contributed by atoms with Gasteiger partial charge in [-0.3, -0.25) is 9.69 Å². The van der Waals surface area contributed by atoms with Gasteiger partial charge in [0.25, 0.3) is 0 Å². The molecule has 0 aliphatic carbocycles. The van der Waals surface area contributed by atoms with Crippen LogP contribution in [0.3, 0.4) is 0 Å². The van der Waals surface area contributed by atoms with Crippen LogP contribution in [0.15, 0.2) is 41.4 Å². The predicted molar refractivity (Wildman–Crippen MR) is 152 cm³/mol. The van der Waals surface area contributed by atoms with Crippen molar-refractivity contribution in [3.63, 3.8) is 0 Å². The lowest BCUT2D eigenvalue weighted by molar-refractivity contribution is -0.137. The van der Waals surface area contributed by atoms with Crippen LogP contribution >= 0.6 is 23.2 Å². The van der Waals surface area contributed by atoms with Gasteiger partial charge in [0.05, 0.1) is 34.4 Å². The Labute approximate surface area is 230 Å². The Kier molecular flexibility index (Phi) is 9.38. The summed E-state index contributed by atoms with van der Waals surface area (Å²) in [7, 11) is 0. The SMILES string of the molecule is CC(C)(C)CC(=O)OC1=Nc2cc(OCCCCN3CCN(c4cccc(Cl)c4Cl)CC3)ccc2CC1. The largest absolute Gasteiger partial charge is 0.494 e. The molecule has 2 aromatic rings. The van der Waals surface area contributed by atoms with E-state index in [0.29, 0.717) is 35.4 Å². The second kappa shape index (κ2) is 12.5. The molecule has 0 aromatic heterocycles. The number of hydrogen-bond donors (Lipinski definition) is 0. The van der Waals surface area contributed by atoms with Crippen LogP contribution in [0.25, 0.3) is 0 Å². The van der Waals surface area contributed by atoms with Crippen LogP contribution < -0.4 is 9.64 Å². The zero-order valence-electron chi connectivity index (χ0n) is 22.1. The molecule has 0 amide bonds. The van der Waals surface area contributed by atoms with Gasteiger partial charge in [-0.05, 0) is 55.0 Å². The summed E-state index contributed by atoms with van der Waals surface area (Å²) >= 11 is 12.6. The minimum atomic E-state index is -0.225. The standard InChI is InChI=1S/C29H37Cl2N3O3/c1-29(2,3)20-27(35)37-26-12-10-21-9-11-22(19-24(21)32-26)36-18-5-4-13-33-14-16-34(17-15-33)25-8-6-7-23(30)28(25)31/h6-9,11,19H,4-5,10,12-18,20H2,1-3H3. The van der Waals surface area contributed by atoms with Crippen LogP contribution in [-0.4, -0.2) is 56.1 Å². The summed E-state index contributed by atoms with van der Waals surface area (Å²) in [5.41, 5.74) is 2.90. The number of aryl methyl sites for hydroxylation is 1. The van der Waals surface area contributed by atoms with E-state index in [-0.39, 0.29) is 11.4 Å². The van der Waals surface area contributed by atoms with Crippen LogP contribution in [0.1, 0.15) is 52.0 Å². The smallest absolute Gasteiger partial charge is 0.312 e. The summed E-state index contributed by atoms with van der Waals surface area (Å²) in [6.45, 7) is 11.7. The number of carbonyl (C=O) groups excluding carboxylic acids is 1. The summed E-state index contributed by atoms with van der Waals surface area (Å²) in [6, 6.07) is 11.8. The van der Waals surface area contributed by atoms with Gasteiger partial charge in [-0.25, -0.2) is 4.99 Å². The van der Waals surface area contributed by atoms with Gasteiger partial charge in [0, 0.05) is 38.7 Å². The number of esters is 1. The Hall–Kier alpha value is -2.28. The Morgan fingerprint density at radius 3 is 2.57 bits per heavy atom. The quantitative estimate of drug-likeness (QED) is 0.266. The number of fused-ring (bicyclic) bond motifs is 1. The Balaban J connectivity index is 1.18. The van der Waals surface area contributed by atoms with Crippen molar-refractivity contribution in [2.75, 3.05) is 44.2 Å². The fourth-order valence-corrected chi connectivity index (χ4v) is 5.05. The molecule has 0 N–H and O–H groups in total. The molecule has 2 aliphatic rings. The number of hydrogen-bond acceptors (Lipinski definition) is 6. The zero-order valence-corrected chi connectivity index (χ0v) is 23.6. The predicted octanol–water partition coefficient (Wildman–Crippen LogP) is 6.93. The third-order valence-electron chi connectivity index (χ3n) is 6.60. The van der Waals surface area contributed by atoms with Gasteiger partial charge in [-0.2, -0.15) is 0 Å². The summed E-state index contributed by atoms with van der Waals surface area (Å²) in [4.78, 5) is 21.6. The van der Waals surface area contributed by atoms with Crippen molar-refractivity contribution >= 4 is 46.4 Å². The van der Waals surface area contributed by atoms with Crippen LogP contribution in [0.2, 0.25) is 10.0 Å². The minimum absolute atomic E-state index is 0.106. The fourth-order valence-electron chi connectivity index (χ4n) is 4.63. The van der Waals surface area contributed by atoms with E-state index in [1.54, 1.807) is 0 Å². The molecule has 2 aromatic carbocycles. The van der Waals surface area contributed by atoms with E-state index in [9.17, 15) is 4.79 Å². The first-order valence-corrected chi connectivity index (χ1v) is 13.9. The third-order valence-corrected chi connectivity index (χ3v) is 7.41. The summed E-state index contributed by atoms with van der Waals surface area (Å²) in [5, 5.41) is 1.24. The number of unbranched alkanes of at least 4 members (excludes halogenated alkanes) is 1. The number of carbonyl (C=O) groups is 1. The molecule has 0 radical (unpaired) electrons. The van der Waals surface area contributed by atoms with Gasteiger partial charge in [0.15, 0.2) is 5.90 Å². The van der Waals surface area contributed by atoms with E-state index in [1.165, 1.54) is 0 Å². The van der Waals surface area contributed by atoms with E-state index in [2.05, 4.69) is 20.9 Å². The summed E-state index contributed by atoms with van der Waals surface area (Å²) < 4.78 is 11.5. The van der Waals surface area contributed by atoms with E-state index < -0.39 is 0 Å². The zero-order chi connectivity index (χ0) is 26.4. The number of anilines is 1. The molecular weight excluding hydrogens is 509 g/mol. The van der Waals surface area contributed by atoms with Crippen molar-refractivity contribution in [1.82, 2.24) is 4.90 Å². The first-order chi connectivity index (χ1) is 17.7. The second-order valence-corrected chi connectivity index (χ2v) is 11.7. The van der Waals surface area contributed by atoms with Crippen molar-refractivity contribution in [3.8, 4) is 5.75 Å². The first-order valence-electron chi connectivity index (χ1n) is 13.1. The topological polar surface area (TPSA) is 54.4 Å². The van der Waals surface area contributed by atoms with Crippen molar-refractivity contribution in [1.29, 1.82) is 0 Å². The molecule has 4 rings (SSSR count). The lowest BCUT2D eigenvalue weighted by Gasteiger charge is -2.36. The van der Waals surface area contributed by atoms with Crippen molar-refractivity contribution < 1.29 is 14.3 Å². The molecule has 1 saturated heterocycles. The molecule has 6 nitrogen and oxygen atoms in total. The number of ether oxygens (including phenoxy) is 2. The molecule has 8 heteroatoms. The fraction of sp³-hybridized carbons (Fsp3) is 0.517. The first kappa shape index (κ1) is 27.7. The summed E-state index contributed by atoms with van der Waals surface area (Å²) in [5.74, 6) is 1.07. The van der Waals surface area contributed by atoms with Gasteiger partial charge < -0.3 is 14.4 Å². The highest BCUT2D eigenvalue weighted by molar-refractivity contribution is 6.43. The Morgan fingerprint density at radius 2 is 1.81 bits per heavy atom. The molecule has 0 bridgehead atoms. The second-order valence-electron chi connectivity index (χ2n) is 11.0. The van der Waals surface area contributed by atoms with Crippen LogP contribution in [0, 0.1) is 5.41 Å². The highest BCUT2D eigenvalue weighted by atomic mass is 35.5. The number of halogens is 2. The molecule has 2 aliphatic heterocycles. The molecule has 0 atom stereocenters. The normalized spacial score (nSPS) is 16.2. The monoisotopic (exact) mass is 545 g/mol. The number of rotatable bonds is 8. The summed E-state index contributed by atoms with van der Waals surface area (Å²) in [6.07, 6.45) is 3.89. The average Bonchev–Trinajstić information content (AvgIpc) is 2.84. The maximum absolute atomic E-state index is 12.2. The number of aliphatic imine (C=N–C) groups is 1. The number of benzene rings is 2. The number of nitrogens with zero attached hydrogens (tertiary/aromatic N) is 3. The van der Waals surface area contributed by atoms with Crippen LogP contribution in [-0.2, 0) is 16.0 Å². The van der Waals surface area contributed by atoms with Gasteiger partial charge >= 0.3 is 5.97 Å². The lowest BCUT2D eigenvalue weighted by Crippen LogP contribution is -2.46. The highest BCUT2D eigenvalue weighted by Gasteiger charge is 2.22. The van der Waals surface area contributed by atoms with E-state index in [4.69, 9.17) is 32.7 Å². The molecule has 2 heterocycles. The van der Waals surface area contributed by atoms with Gasteiger partial charge in [-0.1, -0.05) is 56.1 Å². The van der Waals surface area contributed by atoms with Crippen LogP contribution in [0.5, 0.6) is 5.75 Å². The maximum atomic E-state index is 12.2. The molecule has 37 heavy (non-hydrogen) atoms. The molecule has 200 valence electrons.